The number of hydrogen-bond acceptors (Lipinski definition) is 5. The molecular formula is C20H15FN6O. The molecule has 0 saturated heterocycles. The van der Waals surface area contributed by atoms with Crippen LogP contribution in [-0.4, -0.2) is 25.9 Å². The van der Waals surface area contributed by atoms with Crippen molar-refractivity contribution >= 4 is 23.1 Å². The van der Waals surface area contributed by atoms with E-state index in [0.29, 0.717) is 17.3 Å². The van der Waals surface area contributed by atoms with Gasteiger partial charge in [0.15, 0.2) is 11.6 Å². The lowest BCUT2D eigenvalue weighted by molar-refractivity contribution is 0.102. The van der Waals surface area contributed by atoms with Crippen LogP contribution in [0.3, 0.4) is 0 Å². The van der Waals surface area contributed by atoms with Gasteiger partial charge >= 0.3 is 0 Å². The van der Waals surface area contributed by atoms with Gasteiger partial charge in [0.1, 0.15) is 5.82 Å². The van der Waals surface area contributed by atoms with E-state index in [4.69, 9.17) is 0 Å². The van der Waals surface area contributed by atoms with E-state index in [0.717, 1.165) is 5.69 Å². The largest absolute Gasteiger partial charge is 0.339 e. The third-order valence-corrected chi connectivity index (χ3v) is 3.92. The van der Waals surface area contributed by atoms with E-state index in [1.807, 2.05) is 0 Å². The summed E-state index contributed by atoms with van der Waals surface area (Å²) >= 11 is 0. The summed E-state index contributed by atoms with van der Waals surface area (Å²) < 4.78 is 15.3. The van der Waals surface area contributed by atoms with Crippen LogP contribution in [0.4, 0.5) is 21.6 Å². The van der Waals surface area contributed by atoms with Crippen molar-refractivity contribution in [3.05, 3.63) is 90.5 Å². The molecule has 0 aliphatic rings. The highest BCUT2D eigenvalue weighted by molar-refractivity contribution is 6.04. The zero-order chi connectivity index (χ0) is 19.3. The van der Waals surface area contributed by atoms with Crippen LogP contribution in [0.25, 0.3) is 5.82 Å². The molecule has 2 N–H and O–H groups in total. The SMILES string of the molecule is O=C(Nc1ccc(Nc2ccc(-n3cccn3)nn2)cc1)c1ccccc1F. The number of anilines is 3. The van der Waals surface area contributed by atoms with Crippen LogP contribution in [0.5, 0.6) is 0 Å². The summed E-state index contributed by atoms with van der Waals surface area (Å²) in [6.45, 7) is 0. The molecule has 4 rings (SSSR count). The summed E-state index contributed by atoms with van der Waals surface area (Å²) in [5.41, 5.74) is 1.32. The fraction of sp³-hybridized carbons (Fsp3) is 0. The molecule has 138 valence electrons. The van der Waals surface area contributed by atoms with Gasteiger partial charge in [-0.2, -0.15) is 5.10 Å². The van der Waals surface area contributed by atoms with E-state index in [2.05, 4.69) is 25.9 Å². The van der Waals surface area contributed by atoms with Crippen molar-refractivity contribution < 1.29 is 9.18 Å². The molecule has 0 atom stereocenters. The maximum atomic E-state index is 13.7. The first kappa shape index (κ1) is 17.3. The third-order valence-electron chi connectivity index (χ3n) is 3.92. The van der Waals surface area contributed by atoms with Crippen molar-refractivity contribution in [1.29, 1.82) is 0 Å². The van der Waals surface area contributed by atoms with E-state index < -0.39 is 11.7 Å². The Kier molecular flexibility index (Phi) is 4.75. The van der Waals surface area contributed by atoms with Crippen molar-refractivity contribution in [3.8, 4) is 5.82 Å². The van der Waals surface area contributed by atoms with Crippen molar-refractivity contribution in [2.75, 3.05) is 10.6 Å². The van der Waals surface area contributed by atoms with Gasteiger partial charge in [-0.1, -0.05) is 12.1 Å². The number of rotatable bonds is 5. The van der Waals surface area contributed by atoms with Gasteiger partial charge in [-0.3, -0.25) is 4.79 Å². The predicted molar refractivity (Wildman–Crippen MR) is 103 cm³/mol. The molecule has 0 unspecified atom stereocenters. The summed E-state index contributed by atoms with van der Waals surface area (Å²) in [6.07, 6.45) is 3.45. The second-order valence-electron chi connectivity index (χ2n) is 5.86. The van der Waals surface area contributed by atoms with E-state index in [9.17, 15) is 9.18 Å². The molecule has 4 aromatic rings. The zero-order valence-electron chi connectivity index (χ0n) is 14.6. The Labute approximate surface area is 159 Å². The molecule has 0 aliphatic carbocycles. The van der Waals surface area contributed by atoms with Crippen LogP contribution >= 0.6 is 0 Å². The maximum Gasteiger partial charge on any atom is 0.258 e. The van der Waals surface area contributed by atoms with Gasteiger partial charge in [-0.25, -0.2) is 9.07 Å². The molecule has 0 fully saturated rings. The Balaban J connectivity index is 1.41. The van der Waals surface area contributed by atoms with Gasteiger partial charge in [-0.15, -0.1) is 10.2 Å². The molecule has 0 aliphatic heterocycles. The van der Waals surface area contributed by atoms with Crippen LogP contribution in [-0.2, 0) is 0 Å². The number of amides is 1. The van der Waals surface area contributed by atoms with Gasteiger partial charge < -0.3 is 10.6 Å². The minimum absolute atomic E-state index is 0.00255. The smallest absolute Gasteiger partial charge is 0.258 e. The van der Waals surface area contributed by atoms with Gasteiger partial charge in [0.25, 0.3) is 5.91 Å². The topological polar surface area (TPSA) is 84.7 Å². The highest BCUT2D eigenvalue weighted by Gasteiger charge is 2.10. The quantitative estimate of drug-likeness (QED) is 0.555. The molecule has 8 heteroatoms. The molecule has 2 aromatic heterocycles. The second-order valence-corrected chi connectivity index (χ2v) is 5.86. The van der Waals surface area contributed by atoms with Crippen LogP contribution in [0.15, 0.2) is 79.1 Å². The molecule has 28 heavy (non-hydrogen) atoms. The minimum Gasteiger partial charge on any atom is -0.339 e. The van der Waals surface area contributed by atoms with Crippen LogP contribution < -0.4 is 10.6 Å². The van der Waals surface area contributed by atoms with Crippen molar-refractivity contribution in [2.24, 2.45) is 0 Å². The molecule has 1 amide bonds. The van der Waals surface area contributed by atoms with Gasteiger partial charge in [0.05, 0.1) is 5.56 Å². The van der Waals surface area contributed by atoms with Crippen molar-refractivity contribution in [3.63, 3.8) is 0 Å². The van der Waals surface area contributed by atoms with Crippen LogP contribution in [0.2, 0.25) is 0 Å². The summed E-state index contributed by atoms with van der Waals surface area (Å²) in [6, 6.07) is 18.2. The fourth-order valence-electron chi connectivity index (χ4n) is 2.55. The Hall–Kier alpha value is -4.07. The first-order valence-corrected chi connectivity index (χ1v) is 8.46. The summed E-state index contributed by atoms with van der Waals surface area (Å²) in [5, 5.41) is 18.1. The average Bonchev–Trinajstić information content (AvgIpc) is 3.25. The lowest BCUT2D eigenvalue weighted by atomic mass is 10.2. The second kappa shape index (κ2) is 7.67. The molecule has 0 bridgehead atoms. The van der Waals surface area contributed by atoms with Gasteiger partial charge in [0.2, 0.25) is 0 Å². The third kappa shape index (κ3) is 3.85. The van der Waals surface area contributed by atoms with Crippen molar-refractivity contribution in [1.82, 2.24) is 20.0 Å². The fourth-order valence-corrected chi connectivity index (χ4v) is 2.55. The Bertz CT molecular complexity index is 1080. The monoisotopic (exact) mass is 374 g/mol. The lowest BCUT2D eigenvalue weighted by Crippen LogP contribution is -2.13. The van der Waals surface area contributed by atoms with E-state index in [-0.39, 0.29) is 5.56 Å². The highest BCUT2D eigenvalue weighted by Crippen LogP contribution is 2.18. The summed E-state index contributed by atoms with van der Waals surface area (Å²) in [7, 11) is 0. The number of hydrogen-bond donors (Lipinski definition) is 2. The lowest BCUT2D eigenvalue weighted by Gasteiger charge is -2.09. The van der Waals surface area contributed by atoms with E-state index in [1.54, 1.807) is 65.6 Å². The maximum absolute atomic E-state index is 13.7. The molecular weight excluding hydrogens is 359 g/mol. The minimum atomic E-state index is -0.560. The number of aromatic nitrogens is 4. The van der Waals surface area contributed by atoms with Gasteiger partial charge in [0, 0.05) is 23.8 Å². The summed E-state index contributed by atoms with van der Waals surface area (Å²) in [4.78, 5) is 12.1. The first-order valence-electron chi connectivity index (χ1n) is 8.46. The van der Waals surface area contributed by atoms with Gasteiger partial charge in [-0.05, 0) is 54.6 Å². The standard InChI is InChI=1S/C20H15FN6O/c21-17-5-2-1-4-16(17)20(28)24-15-8-6-14(7-9-15)23-18-10-11-19(26-25-18)27-13-3-12-22-27/h1-13H,(H,23,25)(H,24,28). The van der Waals surface area contributed by atoms with Crippen molar-refractivity contribution in [2.45, 2.75) is 0 Å². The first-order chi connectivity index (χ1) is 13.7. The Morgan fingerprint density at radius 2 is 1.68 bits per heavy atom. The zero-order valence-corrected chi connectivity index (χ0v) is 14.6. The normalized spacial score (nSPS) is 10.5. The molecule has 0 radical (unpaired) electrons. The number of nitrogens with zero attached hydrogens (tertiary/aromatic N) is 4. The number of carbonyl (C=O) groups excluding carboxylic acids is 1. The number of halogens is 1. The summed E-state index contributed by atoms with van der Waals surface area (Å²) in [5.74, 6) is 0.120. The Morgan fingerprint density at radius 3 is 2.36 bits per heavy atom. The Morgan fingerprint density at radius 1 is 0.893 bits per heavy atom. The highest BCUT2D eigenvalue weighted by atomic mass is 19.1. The molecule has 0 saturated carbocycles. The van der Waals surface area contributed by atoms with Crippen LogP contribution in [0, 0.1) is 5.82 Å². The number of nitrogens with one attached hydrogen (secondary N) is 2. The van der Waals surface area contributed by atoms with E-state index >= 15 is 0 Å². The number of carbonyl (C=O) groups is 1. The number of benzene rings is 2. The molecule has 0 spiro atoms. The van der Waals surface area contributed by atoms with E-state index in [1.165, 1.54) is 18.2 Å². The molecule has 2 aromatic carbocycles. The molecule has 2 heterocycles. The average molecular weight is 374 g/mol. The predicted octanol–water partition coefficient (Wildman–Crippen LogP) is 3.80. The van der Waals surface area contributed by atoms with Crippen LogP contribution in [0.1, 0.15) is 10.4 Å². The molecule has 7 nitrogen and oxygen atoms in total.